The maximum atomic E-state index is 7.94. The third-order valence-electron chi connectivity index (χ3n) is 0. The molecule has 53 valence electrons. The van der Waals surface area contributed by atoms with Gasteiger partial charge in [0.05, 0.1) is 0 Å². The Balaban J connectivity index is -0.0000000483. The van der Waals surface area contributed by atoms with Gasteiger partial charge in [-0.3, -0.25) is 6.58 Å². The molecule has 2 nitrogen and oxygen atoms in total. The van der Waals surface area contributed by atoms with Crippen molar-refractivity contribution < 1.29 is 24.6 Å². The van der Waals surface area contributed by atoms with E-state index in [1.54, 1.807) is 6.92 Å². The van der Waals surface area contributed by atoms with E-state index >= 15 is 0 Å². The van der Waals surface area contributed by atoms with E-state index < -0.39 is 0 Å². The number of allylic oxidation sites excluding steroid dienone is 1. The van der Waals surface area contributed by atoms with E-state index in [4.69, 9.17) is 8.97 Å². The van der Waals surface area contributed by atoms with Gasteiger partial charge in [0.15, 0.2) is 0 Å². The van der Waals surface area contributed by atoms with Gasteiger partial charge in [-0.05, 0) is 0 Å². The zero-order valence-electron chi connectivity index (χ0n) is 4.81. The Morgan fingerprint density at radius 1 is 1.88 bits per heavy atom. The van der Waals surface area contributed by atoms with Gasteiger partial charge in [-0.2, -0.15) is 6.92 Å². The second kappa shape index (κ2) is 62.8. The van der Waals surface area contributed by atoms with Gasteiger partial charge in [-0.1, -0.05) is 6.61 Å². The third kappa shape index (κ3) is 3570000. The molecule has 0 rings (SSSR count). The van der Waals surface area contributed by atoms with E-state index in [1.165, 1.54) is 0 Å². The normalized spacial score (nSPS) is 4.50. The summed E-state index contributed by atoms with van der Waals surface area (Å²) in [5.41, 5.74) is 0. The summed E-state index contributed by atoms with van der Waals surface area (Å²) in [6.45, 7) is 8.04. The molecule has 0 aliphatic heterocycles. The Morgan fingerprint density at radius 2 is 1.88 bits per heavy atom. The first kappa shape index (κ1) is 15.7. The number of hydrogen-bond acceptors (Lipinski definition) is 2. The molecule has 0 bridgehead atoms. The van der Waals surface area contributed by atoms with Crippen molar-refractivity contribution in [2.75, 3.05) is 6.61 Å². The molecule has 0 fully saturated rings. The van der Waals surface area contributed by atoms with Gasteiger partial charge in [0.1, 0.15) is 0 Å². The number of aliphatic hydroxyl groups is 1. The van der Waals surface area contributed by atoms with Crippen LogP contribution in [0.1, 0.15) is 6.92 Å². The SMILES string of the molecule is C=[C-]C.[CH2-]CO.[O]=[Co]. The molecule has 1 N–H and O–H groups in total. The molecule has 0 unspecified atom stereocenters. The van der Waals surface area contributed by atoms with Crippen LogP contribution in [-0.4, -0.2) is 11.7 Å². The van der Waals surface area contributed by atoms with E-state index in [2.05, 4.69) is 35.2 Å². The van der Waals surface area contributed by atoms with Crippen LogP contribution in [0.25, 0.3) is 0 Å². The molecule has 0 atom stereocenters. The Bertz CT molecular complexity index is 31.6. The number of hydrogen-bond donors (Lipinski definition) is 1. The molecular formula is C5H10CoO2-2. The predicted octanol–water partition coefficient (Wildman–Crippen LogP) is 0.687. The van der Waals surface area contributed by atoms with Crippen LogP contribution in [0.4, 0.5) is 0 Å². The molecule has 0 amide bonds. The first-order chi connectivity index (χ1) is 3.83. The zero-order chi connectivity index (χ0) is 7.41. The molecule has 8 heavy (non-hydrogen) atoms. The van der Waals surface area contributed by atoms with Crippen LogP contribution in [0.5, 0.6) is 0 Å². The van der Waals surface area contributed by atoms with Crippen LogP contribution >= 0.6 is 0 Å². The third-order valence-corrected chi connectivity index (χ3v) is 0. The summed E-state index contributed by atoms with van der Waals surface area (Å²) in [4.78, 5) is 0. The number of aliphatic hydroxyl groups excluding tert-OH is 1. The van der Waals surface area contributed by atoms with Crippen LogP contribution in [0.15, 0.2) is 6.58 Å². The zero-order valence-corrected chi connectivity index (χ0v) is 5.85. The minimum absolute atomic E-state index is 0. The van der Waals surface area contributed by atoms with Crippen LogP contribution in [-0.2, 0) is 19.5 Å². The Labute approximate surface area is 58.4 Å². The molecule has 0 aromatic rings. The van der Waals surface area contributed by atoms with E-state index in [0.717, 1.165) is 0 Å². The molecule has 0 aromatic carbocycles. The van der Waals surface area contributed by atoms with Crippen molar-refractivity contribution in [1.82, 2.24) is 0 Å². The summed E-state index contributed by atoms with van der Waals surface area (Å²) in [6.07, 6.45) is 2.50. The monoisotopic (exact) mass is 161 g/mol. The van der Waals surface area contributed by atoms with Crippen LogP contribution in [0.2, 0.25) is 0 Å². The van der Waals surface area contributed by atoms with Gasteiger partial charge in [0.25, 0.3) is 0 Å². The molecule has 0 saturated carbocycles. The van der Waals surface area contributed by atoms with Gasteiger partial charge in [0.2, 0.25) is 0 Å². The summed E-state index contributed by atoms with van der Waals surface area (Å²) >= 11 is 2.31. The molecular weight excluding hydrogens is 151 g/mol. The van der Waals surface area contributed by atoms with Crippen molar-refractivity contribution in [3.05, 3.63) is 19.6 Å². The second-order valence-corrected chi connectivity index (χ2v) is 0.577. The Hall–Kier alpha value is 0.00649. The molecule has 3 heteroatoms. The summed E-state index contributed by atoms with van der Waals surface area (Å²) in [5, 5.41) is 7.46. The topological polar surface area (TPSA) is 37.3 Å². The summed E-state index contributed by atoms with van der Waals surface area (Å²) in [5.74, 6) is 0. The van der Waals surface area contributed by atoms with Crippen molar-refractivity contribution in [3.8, 4) is 0 Å². The molecule has 0 heterocycles. The fourth-order valence-electron chi connectivity index (χ4n) is 0. The molecule has 0 aliphatic carbocycles. The van der Waals surface area contributed by atoms with E-state index in [1.807, 2.05) is 0 Å². The van der Waals surface area contributed by atoms with Crippen LogP contribution < -0.4 is 0 Å². The minimum atomic E-state index is 0. The van der Waals surface area contributed by atoms with Gasteiger partial charge in [-0.15, -0.1) is 0 Å². The standard InChI is InChI=1S/C3H5.C2H5O.Co.O/c1-3-2;1-2-3;;/h1H2,2H3;3H,1-2H2;;/q2*-1;;. The fourth-order valence-corrected chi connectivity index (χ4v) is 0. The first-order valence-corrected chi connectivity index (χ1v) is 2.23. The van der Waals surface area contributed by atoms with Crippen LogP contribution in [0.3, 0.4) is 0 Å². The van der Waals surface area contributed by atoms with E-state index in [0.29, 0.717) is 0 Å². The van der Waals surface area contributed by atoms with Gasteiger partial charge in [0, 0.05) is 0 Å². The summed E-state index contributed by atoms with van der Waals surface area (Å²) in [7, 11) is 0. The fraction of sp³-hybridized carbons (Fsp3) is 0.400. The maximum absolute atomic E-state index is 7.94. The predicted molar refractivity (Wildman–Crippen MR) is 27.7 cm³/mol. The second-order valence-electron chi connectivity index (χ2n) is 0.577. The average molecular weight is 161 g/mol. The average Bonchev–Trinajstić information content (AvgIpc) is 1.75. The van der Waals surface area contributed by atoms with Crippen molar-refractivity contribution >= 4 is 0 Å². The van der Waals surface area contributed by atoms with Crippen molar-refractivity contribution in [1.29, 1.82) is 0 Å². The van der Waals surface area contributed by atoms with Crippen molar-refractivity contribution in [2.45, 2.75) is 6.92 Å². The molecule has 0 spiro atoms. The molecule has 0 aliphatic rings. The molecule has 0 aromatic heterocycles. The Morgan fingerprint density at radius 3 is 1.88 bits per heavy atom. The van der Waals surface area contributed by atoms with Gasteiger partial charge in [-0.25, -0.2) is 0 Å². The van der Waals surface area contributed by atoms with Gasteiger partial charge < -0.3 is 18.1 Å². The summed E-state index contributed by atoms with van der Waals surface area (Å²) < 4.78 is 7.94. The van der Waals surface area contributed by atoms with Crippen LogP contribution in [0, 0.1) is 13.0 Å². The van der Waals surface area contributed by atoms with E-state index in [-0.39, 0.29) is 6.61 Å². The quantitative estimate of drug-likeness (QED) is 0.530. The van der Waals surface area contributed by atoms with Crippen molar-refractivity contribution in [2.24, 2.45) is 0 Å². The van der Waals surface area contributed by atoms with Crippen molar-refractivity contribution in [3.63, 3.8) is 0 Å². The first-order valence-electron chi connectivity index (χ1n) is 1.81. The van der Waals surface area contributed by atoms with Gasteiger partial charge >= 0.3 is 19.5 Å². The molecule has 0 saturated heterocycles. The molecule has 0 radical (unpaired) electrons. The number of rotatable bonds is 0. The Kier molecular flexibility index (Phi) is 123. The van der Waals surface area contributed by atoms with E-state index in [9.17, 15) is 0 Å². The summed E-state index contributed by atoms with van der Waals surface area (Å²) in [6, 6.07) is 0.